The Morgan fingerprint density at radius 2 is 1.93 bits per heavy atom. The fourth-order valence-electron chi connectivity index (χ4n) is 1.04. The van der Waals surface area contributed by atoms with Crippen LogP contribution in [0.1, 0.15) is 0 Å². The predicted octanol–water partition coefficient (Wildman–Crippen LogP) is 2.00. The summed E-state index contributed by atoms with van der Waals surface area (Å²) in [4.78, 5) is 12.2. The van der Waals surface area contributed by atoms with Gasteiger partial charge in [-0.3, -0.25) is 4.79 Å². The van der Waals surface area contributed by atoms with E-state index in [1.165, 1.54) is 18.9 Å². The van der Waals surface area contributed by atoms with Gasteiger partial charge in [0.25, 0.3) is 0 Å². The summed E-state index contributed by atoms with van der Waals surface area (Å²) in [5.41, 5.74) is 0. The highest BCUT2D eigenvalue weighted by atomic mass is 32.2. The molecule has 4 heteroatoms. The van der Waals surface area contributed by atoms with E-state index in [0.29, 0.717) is 5.75 Å². The molecule has 0 bridgehead atoms. The molecule has 0 aliphatic rings. The minimum absolute atomic E-state index is 0.0957. The number of ether oxygens (including phenoxy) is 2. The number of thioether (sulfide) groups is 1. The zero-order valence-electron chi connectivity index (χ0n) is 8.86. The fraction of sp³-hybridized carbons (Fsp3) is 0.364. The largest absolute Gasteiger partial charge is 0.497 e. The number of hydrogen-bond donors (Lipinski definition) is 0. The molecule has 82 valence electrons. The standard InChI is InChI=1S/C11H14O3S/c1-13-7-9(12)8-15-11-5-3-10(14-2)4-6-11/h3-6H,7-8H2,1-2H3. The Bertz CT molecular complexity index is 308. The SMILES string of the molecule is COCC(=O)CSc1ccc(OC)cc1. The van der Waals surface area contributed by atoms with Crippen LogP contribution in [0, 0.1) is 0 Å². The van der Waals surface area contributed by atoms with E-state index in [9.17, 15) is 4.79 Å². The van der Waals surface area contributed by atoms with Crippen molar-refractivity contribution >= 4 is 17.5 Å². The molecule has 0 amide bonds. The van der Waals surface area contributed by atoms with Gasteiger partial charge in [0.15, 0.2) is 5.78 Å². The minimum atomic E-state index is 0.0957. The molecule has 0 aliphatic carbocycles. The molecule has 0 atom stereocenters. The Hall–Kier alpha value is -1.00. The summed E-state index contributed by atoms with van der Waals surface area (Å²) in [5.74, 6) is 1.36. The van der Waals surface area contributed by atoms with Gasteiger partial charge in [0.1, 0.15) is 12.4 Å². The smallest absolute Gasteiger partial charge is 0.168 e. The van der Waals surface area contributed by atoms with E-state index >= 15 is 0 Å². The molecular weight excluding hydrogens is 212 g/mol. The van der Waals surface area contributed by atoms with Crippen LogP contribution in [0.3, 0.4) is 0 Å². The van der Waals surface area contributed by atoms with Crippen molar-refractivity contribution < 1.29 is 14.3 Å². The molecule has 0 saturated heterocycles. The number of benzene rings is 1. The molecule has 0 unspecified atom stereocenters. The topological polar surface area (TPSA) is 35.5 Å². The fourth-order valence-corrected chi connectivity index (χ4v) is 1.78. The molecule has 0 fully saturated rings. The van der Waals surface area contributed by atoms with Gasteiger partial charge in [-0.05, 0) is 24.3 Å². The van der Waals surface area contributed by atoms with E-state index in [0.717, 1.165) is 10.6 Å². The lowest BCUT2D eigenvalue weighted by atomic mass is 10.3. The first-order chi connectivity index (χ1) is 7.26. The lowest BCUT2D eigenvalue weighted by molar-refractivity contribution is -0.120. The van der Waals surface area contributed by atoms with Crippen LogP contribution >= 0.6 is 11.8 Å². The number of ketones is 1. The van der Waals surface area contributed by atoms with Crippen LogP contribution in [0.15, 0.2) is 29.2 Å². The van der Waals surface area contributed by atoms with Crippen LogP contribution in [-0.4, -0.2) is 32.4 Å². The van der Waals surface area contributed by atoms with E-state index < -0.39 is 0 Å². The lowest BCUT2D eigenvalue weighted by Crippen LogP contribution is -2.08. The Kier molecular flexibility index (Phi) is 5.21. The molecule has 0 spiro atoms. The van der Waals surface area contributed by atoms with E-state index in [1.54, 1.807) is 7.11 Å². The molecule has 1 aromatic carbocycles. The van der Waals surface area contributed by atoms with Gasteiger partial charge < -0.3 is 9.47 Å². The monoisotopic (exact) mass is 226 g/mol. The average molecular weight is 226 g/mol. The molecular formula is C11H14O3S. The Balaban J connectivity index is 2.40. The van der Waals surface area contributed by atoms with Gasteiger partial charge in [0.2, 0.25) is 0 Å². The first-order valence-electron chi connectivity index (χ1n) is 4.53. The summed E-state index contributed by atoms with van der Waals surface area (Å²) in [7, 11) is 3.15. The van der Waals surface area contributed by atoms with Crippen molar-refractivity contribution in [2.24, 2.45) is 0 Å². The molecule has 1 rings (SSSR count). The number of Topliss-reactive ketones (excluding diaryl/α,β-unsaturated/α-hetero) is 1. The zero-order valence-corrected chi connectivity index (χ0v) is 9.67. The molecule has 0 heterocycles. The van der Waals surface area contributed by atoms with Crippen molar-refractivity contribution in [1.29, 1.82) is 0 Å². The van der Waals surface area contributed by atoms with E-state index in [1.807, 2.05) is 24.3 Å². The van der Waals surface area contributed by atoms with Crippen molar-refractivity contribution in [3.05, 3.63) is 24.3 Å². The molecule has 0 radical (unpaired) electrons. The Labute approximate surface area is 93.8 Å². The lowest BCUT2D eigenvalue weighted by Gasteiger charge is -2.02. The number of carbonyl (C=O) groups is 1. The van der Waals surface area contributed by atoms with Crippen LogP contribution < -0.4 is 4.74 Å². The molecule has 0 aliphatic heterocycles. The maximum absolute atomic E-state index is 11.2. The van der Waals surface area contributed by atoms with Crippen molar-refractivity contribution in [2.75, 3.05) is 26.6 Å². The van der Waals surface area contributed by atoms with Crippen LogP contribution in [0.5, 0.6) is 5.75 Å². The highest BCUT2D eigenvalue weighted by molar-refractivity contribution is 8.00. The highest BCUT2D eigenvalue weighted by Crippen LogP contribution is 2.20. The normalized spacial score (nSPS) is 10.0. The highest BCUT2D eigenvalue weighted by Gasteiger charge is 2.02. The zero-order chi connectivity index (χ0) is 11.1. The Morgan fingerprint density at radius 3 is 2.47 bits per heavy atom. The van der Waals surface area contributed by atoms with Crippen LogP contribution in [0.4, 0.5) is 0 Å². The van der Waals surface area contributed by atoms with E-state index in [4.69, 9.17) is 9.47 Å². The molecule has 15 heavy (non-hydrogen) atoms. The van der Waals surface area contributed by atoms with Crippen LogP contribution in [-0.2, 0) is 9.53 Å². The maximum atomic E-state index is 11.2. The summed E-state index contributed by atoms with van der Waals surface area (Å²) >= 11 is 1.50. The second-order valence-corrected chi connectivity index (χ2v) is 3.98. The molecule has 3 nitrogen and oxygen atoms in total. The summed E-state index contributed by atoms with van der Waals surface area (Å²) < 4.78 is 9.78. The number of carbonyl (C=O) groups excluding carboxylic acids is 1. The molecule has 1 aromatic rings. The van der Waals surface area contributed by atoms with Gasteiger partial charge in [0.05, 0.1) is 12.9 Å². The van der Waals surface area contributed by atoms with Gasteiger partial charge in [-0.1, -0.05) is 0 Å². The number of rotatable bonds is 6. The summed E-state index contributed by atoms with van der Waals surface area (Å²) in [5, 5.41) is 0. The van der Waals surface area contributed by atoms with Gasteiger partial charge >= 0.3 is 0 Å². The second kappa shape index (κ2) is 6.48. The third-order valence-electron chi connectivity index (χ3n) is 1.76. The molecule has 0 aromatic heterocycles. The molecule has 0 saturated carbocycles. The summed E-state index contributed by atoms with van der Waals surface area (Å²) in [6.07, 6.45) is 0. The third kappa shape index (κ3) is 4.36. The first-order valence-corrected chi connectivity index (χ1v) is 5.52. The predicted molar refractivity (Wildman–Crippen MR) is 60.6 cm³/mol. The van der Waals surface area contributed by atoms with E-state index in [-0.39, 0.29) is 12.4 Å². The van der Waals surface area contributed by atoms with Gasteiger partial charge in [-0.2, -0.15) is 0 Å². The summed E-state index contributed by atoms with van der Waals surface area (Å²) in [6, 6.07) is 7.62. The van der Waals surface area contributed by atoms with Crippen molar-refractivity contribution in [2.45, 2.75) is 4.90 Å². The van der Waals surface area contributed by atoms with Gasteiger partial charge in [-0.15, -0.1) is 11.8 Å². The van der Waals surface area contributed by atoms with Gasteiger partial charge in [0, 0.05) is 12.0 Å². The molecule has 0 N–H and O–H groups in total. The van der Waals surface area contributed by atoms with Crippen molar-refractivity contribution in [1.82, 2.24) is 0 Å². The van der Waals surface area contributed by atoms with E-state index in [2.05, 4.69) is 0 Å². The quantitative estimate of drug-likeness (QED) is 0.695. The summed E-state index contributed by atoms with van der Waals surface area (Å²) in [6.45, 7) is 0.184. The first kappa shape index (κ1) is 12.1. The second-order valence-electron chi connectivity index (χ2n) is 2.94. The van der Waals surface area contributed by atoms with Crippen molar-refractivity contribution in [3.8, 4) is 5.75 Å². The minimum Gasteiger partial charge on any atom is -0.497 e. The van der Waals surface area contributed by atoms with Crippen molar-refractivity contribution in [3.63, 3.8) is 0 Å². The average Bonchev–Trinajstić information content (AvgIpc) is 2.27. The Morgan fingerprint density at radius 1 is 1.27 bits per heavy atom. The number of hydrogen-bond acceptors (Lipinski definition) is 4. The third-order valence-corrected chi connectivity index (χ3v) is 2.84. The van der Waals surface area contributed by atoms with Gasteiger partial charge in [-0.25, -0.2) is 0 Å². The number of methoxy groups -OCH3 is 2. The van der Waals surface area contributed by atoms with Crippen LogP contribution in [0.25, 0.3) is 0 Å². The van der Waals surface area contributed by atoms with Crippen LogP contribution in [0.2, 0.25) is 0 Å². The maximum Gasteiger partial charge on any atom is 0.168 e.